The van der Waals surface area contributed by atoms with E-state index < -0.39 is 0 Å². The molecule has 0 aliphatic carbocycles. The van der Waals surface area contributed by atoms with E-state index in [1.54, 1.807) is 0 Å². The van der Waals surface area contributed by atoms with Gasteiger partial charge < -0.3 is 9.88 Å². The maximum absolute atomic E-state index is 4.54. The molecule has 2 aromatic heterocycles. The Hall–Kier alpha value is -1.68. The molecular formula is C14H18N4. The topological polar surface area (TPSA) is 42.7 Å². The molecule has 4 nitrogen and oxygen atoms in total. The van der Waals surface area contributed by atoms with Crippen LogP contribution in [0.4, 0.5) is 0 Å². The summed E-state index contributed by atoms with van der Waals surface area (Å²) in [6, 6.07) is 4.09. The molecule has 0 radical (unpaired) electrons. The fourth-order valence-corrected chi connectivity index (χ4v) is 2.57. The third-order valence-corrected chi connectivity index (χ3v) is 3.49. The smallest absolute Gasteiger partial charge is 0.113 e. The summed E-state index contributed by atoms with van der Waals surface area (Å²) in [7, 11) is 0. The Bertz CT molecular complexity index is 486. The SMILES string of the molecule is c1cncc(Cn2ccnc2C2CCCNC2)c1. The summed E-state index contributed by atoms with van der Waals surface area (Å²) in [5.41, 5.74) is 1.22. The summed E-state index contributed by atoms with van der Waals surface area (Å²) >= 11 is 0. The maximum Gasteiger partial charge on any atom is 0.113 e. The van der Waals surface area contributed by atoms with Gasteiger partial charge in [0, 0.05) is 37.3 Å². The first kappa shape index (κ1) is 11.4. The summed E-state index contributed by atoms with van der Waals surface area (Å²) in [6.45, 7) is 3.05. The summed E-state index contributed by atoms with van der Waals surface area (Å²) < 4.78 is 2.24. The fourth-order valence-electron chi connectivity index (χ4n) is 2.57. The van der Waals surface area contributed by atoms with Crippen molar-refractivity contribution in [3.8, 4) is 0 Å². The van der Waals surface area contributed by atoms with Gasteiger partial charge in [0.2, 0.25) is 0 Å². The lowest BCUT2D eigenvalue weighted by atomic mass is 9.99. The van der Waals surface area contributed by atoms with Crippen molar-refractivity contribution in [2.75, 3.05) is 13.1 Å². The maximum atomic E-state index is 4.54. The first-order valence-corrected chi connectivity index (χ1v) is 6.54. The molecule has 1 fully saturated rings. The van der Waals surface area contributed by atoms with Gasteiger partial charge in [0.25, 0.3) is 0 Å². The number of imidazole rings is 1. The molecule has 4 heteroatoms. The van der Waals surface area contributed by atoms with Gasteiger partial charge in [0.15, 0.2) is 0 Å². The molecule has 3 rings (SSSR count). The highest BCUT2D eigenvalue weighted by molar-refractivity contribution is 5.12. The van der Waals surface area contributed by atoms with Gasteiger partial charge in [-0.05, 0) is 31.0 Å². The minimum Gasteiger partial charge on any atom is -0.330 e. The predicted molar refractivity (Wildman–Crippen MR) is 70.4 cm³/mol. The molecule has 0 bridgehead atoms. The molecule has 1 saturated heterocycles. The second kappa shape index (κ2) is 5.31. The summed E-state index contributed by atoms with van der Waals surface area (Å²) in [6.07, 6.45) is 10.2. The highest BCUT2D eigenvalue weighted by Crippen LogP contribution is 2.22. The number of pyridine rings is 1. The van der Waals surface area contributed by atoms with Gasteiger partial charge in [-0.1, -0.05) is 6.07 Å². The van der Waals surface area contributed by atoms with Gasteiger partial charge in [0.1, 0.15) is 5.82 Å². The summed E-state index contributed by atoms with van der Waals surface area (Å²) in [4.78, 5) is 8.70. The minimum atomic E-state index is 0.547. The summed E-state index contributed by atoms with van der Waals surface area (Å²) in [5, 5.41) is 3.45. The van der Waals surface area contributed by atoms with Crippen LogP contribution in [0.5, 0.6) is 0 Å². The average molecular weight is 242 g/mol. The first-order valence-electron chi connectivity index (χ1n) is 6.54. The summed E-state index contributed by atoms with van der Waals surface area (Å²) in [5.74, 6) is 1.75. The van der Waals surface area contributed by atoms with E-state index in [0.29, 0.717) is 5.92 Å². The van der Waals surface area contributed by atoms with Gasteiger partial charge in [-0.2, -0.15) is 0 Å². The molecule has 0 spiro atoms. The number of aromatic nitrogens is 3. The van der Waals surface area contributed by atoms with Crippen molar-refractivity contribution in [1.29, 1.82) is 0 Å². The van der Waals surface area contributed by atoms with Crippen molar-refractivity contribution < 1.29 is 0 Å². The molecule has 18 heavy (non-hydrogen) atoms. The van der Waals surface area contributed by atoms with E-state index in [4.69, 9.17) is 0 Å². The molecule has 2 aromatic rings. The van der Waals surface area contributed by atoms with Crippen molar-refractivity contribution in [1.82, 2.24) is 19.9 Å². The Morgan fingerprint density at radius 2 is 2.39 bits per heavy atom. The van der Waals surface area contributed by atoms with E-state index in [9.17, 15) is 0 Å². The van der Waals surface area contributed by atoms with Crippen LogP contribution in [-0.2, 0) is 6.54 Å². The Kier molecular flexibility index (Phi) is 3.37. The lowest BCUT2D eigenvalue weighted by molar-refractivity contribution is 0.435. The number of piperidine rings is 1. The largest absolute Gasteiger partial charge is 0.330 e. The van der Waals surface area contributed by atoms with Crippen molar-refractivity contribution in [2.45, 2.75) is 25.3 Å². The van der Waals surface area contributed by atoms with E-state index in [-0.39, 0.29) is 0 Å². The van der Waals surface area contributed by atoms with Crippen LogP contribution in [-0.4, -0.2) is 27.6 Å². The standard InChI is InChI=1S/C14H18N4/c1-3-12(9-15-5-1)11-18-8-7-17-14(18)13-4-2-6-16-10-13/h1,3,5,7-9,13,16H,2,4,6,10-11H2. The molecule has 0 amide bonds. The zero-order chi connectivity index (χ0) is 12.2. The molecule has 0 aromatic carbocycles. The second-order valence-electron chi connectivity index (χ2n) is 4.82. The Morgan fingerprint density at radius 3 is 3.17 bits per heavy atom. The molecule has 1 aliphatic heterocycles. The number of hydrogen-bond donors (Lipinski definition) is 1. The average Bonchev–Trinajstić information content (AvgIpc) is 2.89. The molecular weight excluding hydrogens is 224 g/mol. The van der Waals surface area contributed by atoms with Gasteiger partial charge in [-0.15, -0.1) is 0 Å². The number of hydrogen-bond acceptors (Lipinski definition) is 3. The number of nitrogens with zero attached hydrogens (tertiary/aromatic N) is 3. The van der Waals surface area contributed by atoms with E-state index in [2.05, 4.69) is 32.1 Å². The van der Waals surface area contributed by atoms with E-state index >= 15 is 0 Å². The minimum absolute atomic E-state index is 0.547. The number of rotatable bonds is 3. The van der Waals surface area contributed by atoms with Gasteiger partial charge in [-0.25, -0.2) is 4.98 Å². The second-order valence-corrected chi connectivity index (χ2v) is 4.82. The van der Waals surface area contributed by atoms with Crippen molar-refractivity contribution >= 4 is 0 Å². The molecule has 0 saturated carbocycles. The highest BCUT2D eigenvalue weighted by atomic mass is 15.1. The lowest BCUT2D eigenvalue weighted by Gasteiger charge is -2.23. The van der Waals surface area contributed by atoms with Gasteiger partial charge in [-0.3, -0.25) is 4.98 Å². The molecule has 1 atom stereocenters. The van der Waals surface area contributed by atoms with E-state index in [1.807, 2.05) is 24.7 Å². The van der Waals surface area contributed by atoms with Crippen molar-refractivity contribution in [3.05, 3.63) is 48.3 Å². The van der Waals surface area contributed by atoms with Crippen LogP contribution in [0.15, 0.2) is 36.9 Å². The highest BCUT2D eigenvalue weighted by Gasteiger charge is 2.19. The normalized spacial score (nSPS) is 19.9. The van der Waals surface area contributed by atoms with E-state index in [1.165, 1.54) is 24.2 Å². The Morgan fingerprint density at radius 1 is 1.39 bits per heavy atom. The quantitative estimate of drug-likeness (QED) is 0.892. The van der Waals surface area contributed by atoms with Crippen LogP contribution in [0.1, 0.15) is 30.1 Å². The third-order valence-electron chi connectivity index (χ3n) is 3.49. The Labute approximate surface area is 107 Å². The van der Waals surface area contributed by atoms with Gasteiger partial charge >= 0.3 is 0 Å². The molecule has 1 N–H and O–H groups in total. The van der Waals surface area contributed by atoms with Crippen LogP contribution in [0.2, 0.25) is 0 Å². The van der Waals surface area contributed by atoms with E-state index in [0.717, 1.165) is 19.6 Å². The predicted octanol–water partition coefficient (Wildman–Crippen LogP) is 1.79. The zero-order valence-corrected chi connectivity index (χ0v) is 10.4. The molecule has 1 aliphatic rings. The first-order chi connectivity index (χ1) is 8.93. The van der Waals surface area contributed by atoms with Crippen LogP contribution in [0, 0.1) is 0 Å². The lowest BCUT2D eigenvalue weighted by Crippen LogP contribution is -2.30. The Balaban J connectivity index is 1.78. The van der Waals surface area contributed by atoms with Gasteiger partial charge in [0.05, 0.1) is 6.54 Å². The fraction of sp³-hybridized carbons (Fsp3) is 0.429. The van der Waals surface area contributed by atoms with Crippen LogP contribution >= 0.6 is 0 Å². The third kappa shape index (κ3) is 2.43. The zero-order valence-electron chi connectivity index (χ0n) is 10.4. The monoisotopic (exact) mass is 242 g/mol. The van der Waals surface area contributed by atoms with Crippen molar-refractivity contribution in [2.24, 2.45) is 0 Å². The van der Waals surface area contributed by atoms with Crippen molar-refractivity contribution in [3.63, 3.8) is 0 Å². The molecule has 1 unspecified atom stereocenters. The number of nitrogens with one attached hydrogen (secondary N) is 1. The molecule has 3 heterocycles. The van der Waals surface area contributed by atoms with Crippen LogP contribution in [0.25, 0.3) is 0 Å². The molecule has 94 valence electrons. The van der Waals surface area contributed by atoms with Crippen LogP contribution in [0.3, 0.4) is 0 Å². The van der Waals surface area contributed by atoms with Crippen LogP contribution < -0.4 is 5.32 Å².